The van der Waals surface area contributed by atoms with E-state index >= 15 is 0 Å². The maximum atomic E-state index is 14.0. The lowest BCUT2D eigenvalue weighted by Crippen LogP contribution is -2.42. The van der Waals surface area contributed by atoms with E-state index in [0.717, 1.165) is 12.8 Å². The minimum atomic E-state index is -0.407. The molecule has 0 bridgehead atoms. The average molecular weight is 280 g/mol. The quantitative estimate of drug-likeness (QED) is 0.867. The summed E-state index contributed by atoms with van der Waals surface area (Å²) in [4.78, 5) is 13.9. The first kappa shape index (κ1) is 14.9. The second kappa shape index (κ2) is 6.81. The van der Waals surface area contributed by atoms with Crippen LogP contribution in [0.25, 0.3) is 0 Å². The molecule has 5 heteroatoms. The number of methoxy groups -OCH3 is 1. The molecule has 0 saturated carbocycles. The lowest BCUT2D eigenvalue weighted by molar-refractivity contribution is -0.131. The molecule has 1 aromatic rings. The number of halogens is 1. The molecule has 1 N–H and O–H groups in total. The van der Waals surface area contributed by atoms with E-state index in [1.165, 1.54) is 6.07 Å². The van der Waals surface area contributed by atoms with Gasteiger partial charge in [-0.3, -0.25) is 10.1 Å². The molecule has 110 valence electrons. The molecule has 0 aliphatic carbocycles. The van der Waals surface area contributed by atoms with E-state index in [2.05, 4.69) is 12.2 Å². The van der Waals surface area contributed by atoms with Gasteiger partial charge < -0.3 is 9.64 Å². The average Bonchev–Trinajstić information content (AvgIpc) is 2.81. The monoisotopic (exact) mass is 280 g/mol. The van der Waals surface area contributed by atoms with Crippen LogP contribution < -0.4 is 5.32 Å². The van der Waals surface area contributed by atoms with Crippen LogP contribution in [-0.2, 0) is 9.53 Å². The van der Waals surface area contributed by atoms with E-state index < -0.39 is 6.17 Å². The maximum absolute atomic E-state index is 14.0. The van der Waals surface area contributed by atoms with Gasteiger partial charge in [0.05, 0.1) is 19.2 Å². The SMILES string of the molecule is CCCC(COC)N1C(=O)CNC1c1ccccc1F. The molecule has 1 aliphatic heterocycles. The molecule has 2 unspecified atom stereocenters. The predicted octanol–water partition coefficient (Wildman–Crippen LogP) is 2.07. The third-order valence-electron chi connectivity index (χ3n) is 3.59. The summed E-state index contributed by atoms with van der Waals surface area (Å²) in [5.74, 6) is -0.300. The highest BCUT2D eigenvalue weighted by Crippen LogP contribution is 2.28. The summed E-state index contributed by atoms with van der Waals surface area (Å²) in [5, 5.41) is 3.09. The lowest BCUT2D eigenvalue weighted by Gasteiger charge is -2.32. The van der Waals surface area contributed by atoms with E-state index in [0.29, 0.717) is 12.2 Å². The molecule has 1 aromatic carbocycles. The van der Waals surface area contributed by atoms with Crippen LogP contribution >= 0.6 is 0 Å². The fraction of sp³-hybridized carbons (Fsp3) is 0.533. The Kier molecular flexibility index (Phi) is 5.09. The van der Waals surface area contributed by atoms with Crippen LogP contribution in [0, 0.1) is 5.82 Å². The van der Waals surface area contributed by atoms with Crippen molar-refractivity contribution in [1.82, 2.24) is 10.2 Å². The minimum Gasteiger partial charge on any atom is -0.383 e. The molecule has 0 spiro atoms. The van der Waals surface area contributed by atoms with Crippen LogP contribution in [0.15, 0.2) is 24.3 Å². The van der Waals surface area contributed by atoms with E-state index in [1.807, 2.05) is 0 Å². The number of hydrogen-bond acceptors (Lipinski definition) is 3. The van der Waals surface area contributed by atoms with E-state index in [-0.39, 0.29) is 24.3 Å². The topological polar surface area (TPSA) is 41.6 Å². The number of carbonyl (C=O) groups is 1. The zero-order chi connectivity index (χ0) is 14.5. The van der Waals surface area contributed by atoms with Gasteiger partial charge in [0, 0.05) is 12.7 Å². The van der Waals surface area contributed by atoms with Crippen molar-refractivity contribution in [3.05, 3.63) is 35.6 Å². The first-order valence-corrected chi connectivity index (χ1v) is 6.97. The number of amides is 1. The van der Waals surface area contributed by atoms with Crippen molar-refractivity contribution >= 4 is 5.91 Å². The number of rotatable bonds is 6. The van der Waals surface area contributed by atoms with Crippen LogP contribution in [-0.4, -0.2) is 37.1 Å². The lowest BCUT2D eigenvalue weighted by atomic mass is 10.1. The zero-order valence-electron chi connectivity index (χ0n) is 11.9. The van der Waals surface area contributed by atoms with Crippen LogP contribution in [0.4, 0.5) is 4.39 Å². The van der Waals surface area contributed by atoms with Gasteiger partial charge in [0.1, 0.15) is 12.0 Å². The van der Waals surface area contributed by atoms with Crippen molar-refractivity contribution in [2.24, 2.45) is 0 Å². The van der Waals surface area contributed by atoms with Crippen molar-refractivity contribution in [2.45, 2.75) is 32.0 Å². The van der Waals surface area contributed by atoms with Crippen LogP contribution in [0.2, 0.25) is 0 Å². The Labute approximate surface area is 118 Å². The molecule has 0 aromatic heterocycles. The highest BCUT2D eigenvalue weighted by molar-refractivity contribution is 5.81. The molecular weight excluding hydrogens is 259 g/mol. The van der Waals surface area contributed by atoms with E-state index in [1.54, 1.807) is 30.2 Å². The third-order valence-corrected chi connectivity index (χ3v) is 3.59. The van der Waals surface area contributed by atoms with Gasteiger partial charge >= 0.3 is 0 Å². The summed E-state index contributed by atoms with van der Waals surface area (Å²) in [5.41, 5.74) is 0.510. The molecule has 1 fully saturated rings. The Hall–Kier alpha value is -1.46. The Bertz CT molecular complexity index is 461. The van der Waals surface area contributed by atoms with Gasteiger partial charge in [-0.15, -0.1) is 0 Å². The Morgan fingerprint density at radius 1 is 1.50 bits per heavy atom. The smallest absolute Gasteiger partial charge is 0.238 e. The van der Waals surface area contributed by atoms with Crippen molar-refractivity contribution < 1.29 is 13.9 Å². The minimum absolute atomic E-state index is 0.00578. The van der Waals surface area contributed by atoms with Crippen molar-refractivity contribution in [3.8, 4) is 0 Å². The summed E-state index contributed by atoms with van der Waals surface area (Å²) in [7, 11) is 1.62. The van der Waals surface area contributed by atoms with Crippen molar-refractivity contribution in [3.63, 3.8) is 0 Å². The van der Waals surface area contributed by atoms with E-state index in [4.69, 9.17) is 4.74 Å². The number of nitrogens with zero attached hydrogens (tertiary/aromatic N) is 1. The Morgan fingerprint density at radius 3 is 2.90 bits per heavy atom. The highest BCUT2D eigenvalue weighted by Gasteiger charge is 2.37. The van der Waals surface area contributed by atoms with Gasteiger partial charge in [-0.05, 0) is 12.5 Å². The van der Waals surface area contributed by atoms with Gasteiger partial charge in [-0.25, -0.2) is 4.39 Å². The molecular formula is C15H21FN2O2. The molecule has 1 amide bonds. The second-order valence-corrected chi connectivity index (χ2v) is 5.00. The van der Waals surface area contributed by atoms with Crippen molar-refractivity contribution in [1.29, 1.82) is 0 Å². The summed E-state index contributed by atoms with van der Waals surface area (Å²) in [6.45, 7) is 2.77. The number of benzene rings is 1. The molecule has 2 rings (SSSR count). The van der Waals surface area contributed by atoms with Gasteiger partial charge in [-0.1, -0.05) is 31.5 Å². The van der Waals surface area contributed by atoms with Crippen molar-refractivity contribution in [2.75, 3.05) is 20.3 Å². The Morgan fingerprint density at radius 2 is 2.25 bits per heavy atom. The second-order valence-electron chi connectivity index (χ2n) is 5.00. The number of nitrogens with one attached hydrogen (secondary N) is 1. The fourth-order valence-electron chi connectivity index (χ4n) is 2.72. The molecule has 20 heavy (non-hydrogen) atoms. The third kappa shape index (κ3) is 2.99. The summed E-state index contributed by atoms with van der Waals surface area (Å²) in [6, 6.07) is 6.54. The molecule has 0 radical (unpaired) electrons. The molecule has 1 saturated heterocycles. The summed E-state index contributed by atoms with van der Waals surface area (Å²) < 4.78 is 19.2. The first-order valence-electron chi connectivity index (χ1n) is 6.97. The van der Waals surface area contributed by atoms with Crippen LogP contribution in [0.1, 0.15) is 31.5 Å². The summed E-state index contributed by atoms with van der Waals surface area (Å²) >= 11 is 0. The maximum Gasteiger partial charge on any atom is 0.238 e. The van der Waals surface area contributed by atoms with Gasteiger partial charge in [0.25, 0.3) is 0 Å². The van der Waals surface area contributed by atoms with Crippen LogP contribution in [0.3, 0.4) is 0 Å². The predicted molar refractivity (Wildman–Crippen MR) is 74.6 cm³/mol. The first-order chi connectivity index (χ1) is 9.69. The van der Waals surface area contributed by atoms with Gasteiger partial charge in [-0.2, -0.15) is 0 Å². The number of ether oxygens (including phenoxy) is 1. The van der Waals surface area contributed by atoms with Gasteiger partial charge in [0.2, 0.25) is 5.91 Å². The normalized spacial score (nSPS) is 20.4. The molecule has 1 heterocycles. The number of carbonyl (C=O) groups excluding carboxylic acids is 1. The molecule has 2 atom stereocenters. The zero-order valence-corrected chi connectivity index (χ0v) is 11.9. The Balaban J connectivity index is 2.28. The largest absolute Gasteiger partial charge is 0.383 e. The standard InChI is InChI=1S/C15H21FN2O2/c1-3-6-11(10-20-2)18-14(19)9-17-15(18)12-7-4-5-8-13(12)16/h4-5,7-8,11,15,17H,3,6,9-10H2,1-2H3. The van der Waals surface area contributed by atoms with Crippen LogP contribution in [0.5, 0.6) is 0 Å². The summed E-state index contributed by atoms with van der Waals surface area (Å²) in [6.07, 6.45) is 1.38. The highest BCUT2D eigenvalue weighted by atomic mass is 19.1. The fourth-order valence-corrected chi connectivity index (χ4v) is 2.72. The van der Waals surface area contributed by atoms with Gasteiger partial charge in [0.15, 0.2) is 0 Å². The molecule has 4 nitrogen and oxygen atoms in total. The number of hydrogen-bond donors (Lipinski definition) is 1. The van der Waals surface area contributed by atoms with E-state index in [9.17, 15) is 9.18 Å². The molecule has 1 aliphatic rings.